The molecule has 5 heteroatoms. The molecule has 2 aromatic carbocycles. The summed E-state index contributed by atoms with van der Waals surface area (Å²) in [5.41, 5.74) is 1.16. The van der Waals surface area contributed by atoms with Crippen molar-refractivity contribution in [2.75, 3.05) is 6.79 Å². The standard InChI is InChI=1S/C15H13NO4/c17-12-4-2-1-3-11(12)8-16-15(18)10-5-6-13-14(7-10)20-9-19-13/h1-7,17H,8-9H2,(H,16,18). The summed E-state index contributed by atoms with van der Waals surface area (Å²) in [6.45, 7) is 0.443. The Balaban J connectivity index is 1.69. The van der Waals surface area contributed by atoms with Crippen molar-refractivity contribution in [1.29, 1.82) is 0 Å². The third-order valence-electron chi connectivity index (χ3n) is 3.07. The summed E-state index contributed by atoms with van der Waals surface area (Å²) < 4.78 is 10.4. The Morgan fingerprint density at radius 3 is 2.80 bits per heavy atom. The first-order valence-electron chi connectivity index (χ1n) is 6.19. The van der Waals surface area contributed by atoms with E-state index in [0.29, 0.717) is 22.6 Å². The summed E-state index contributed by atoms with van der Waals surface area (Å²) in [5, 5.41) is 12.4. The fourth-order valence-electron chi connectivity index (χ4n) is 1.98. The van der Waals surface area contributed by atoms with Crippen molar-refractivity contribution < 1.29 is 19.4 Å². The number of carbonyl (C=O) groups excluding carboxylic acids is 1. The number of aromatic hydroxyl groups is 1. The van der Waals surface area contributed by atoms with Crippen molar-refractivity contribution in [2.24, 2.45) is 0 Å². The van der Waals surface area contributed by atoms with E-state index in [9.17, 15) is 9.90 Å². The molecule has 0 aliphatic carbocycles. The zero-order valence-corrected chi connectivity index (χ0v) is 10.6. The Labute approximate surface area is 115 Å². The molecule has 0 bridgehead atoms. The van der Waals surface area contributed by atoms with Gasteiger partial charge in [0.15, 0.2) is 11.5 Å². The topological polar surface area (TPSA) is 67.8 Å². The monoisotopic (exact) mass is 271 g/mol. The summed E-state index contributed by atoms with van der Waals surface area (Å²) in [5.74, 6) is 1.15. The van der Waals surface area contributed by atoms with Gasteiger partial charge in [-0.3, -0.25) is 4.79 Å². The van der Waals surface area contributed by atoms with Crippen LogP contribution in [0.5, 0.6) is 17.2 Å². The number of carbonyl (C=O) groups is 1. The van der Waals surface area contributed by atoms with Crippen LogP contribution in [0.3, 0.4) is 0 Å². The second kappa shape index (κ2) is 5.13. The Hall–Kier alpha value is -2.69. The summed E-state index contributed by atoms with van der Waals surface area (Å²) in [7, 11) is 0. The van der Waals surface area contributed by atoms with Crippen molar-refractivity contribution in [3.8, 4) is 17.2 Å². The minimum atomic E-state index is -0.230. The van der Waals surface area contributed by atoms with Crippen molar-refractivity contribution in [2.45, 2.75) is 6.54 Å². The number of ether oxygens (including phenoxy) is 2. The number of phenolic OH excluding ortho intramolecular Hbond substituents is 1. The molecule has 0 aromatic heterocycles. The molecule has 1 heterocycles. The lowest BCUT2D eigenvalue weighted by atomic mass is 10.1. The van der Waals surface area contributed by atoms with Gasteiger partial charge in [0.05, 0.1) is 0 Å². The molecule has 0 saturated heterocycles. The highest BCUT2D eigenvalue weighted by Crippen LogP contribution is 2.32. The number of amides is 1. The van der Waals surface area contributed by atoms with E-state index in [4.69, 9.17) is 9.47 Å². The third-order valence-corrected chi connectivity index (χ3v) is 3.07. The Bertz CT molecular complexity index is 654. The van der Waals surface area contributed by atoms with Gasteiger partial charge in [0, 0.05) is 17.7 Å². The normalized spacial score (nSPS) is 12.2. The molecule has 0 radical (unpaired) electrons. The van der Waals surface area contributed by atoms with E-state index in [1.165, 1.54) is 0 Å². The molecule has 0 saturated carbocycles. The molecular weight excluding hydrogens is 258 g/mol. The van der Waals surface area contributed by atoms with Gasteiger partial charge >= 0.3 is 0 Å². The number of para-hydroxylation sites is 1. The molecule has 5 nitrogen and oxygen atoms in total. The first-order valence-corrected chi connectivity index (χ1v) is 6.19. The first kappa shape index (κ1) is 12.3. The van der Waals surface area contributed by atoms with E-state index in [1.807, 2.05) is 6.07 Å². The van der Waals surface area contributed by atoms with E-state index in [0.717, 1.165) is 0 Å². The van der Waals surface area contributed by atoms with E-state index in [-0.39, 0.29) is 25.0 Å². The largest absolute Gasteiger partial charge is 0.508 e. The summed E-state index contributed by atoms with van der Waals surface area (Å²) in [6.07, 6.45) is 0. The van der Waals surface area contributed by atoms with Crippen LogP contribution >= 0.6 is 0 Å². The SMILES string of the molecule is O=C(NCc1ccccc1O)c1ccc2c(c1)OCO2. The lowest BCUT2D eigenvalue weighted by Crippen LogP contribution is -2.22. The number of hydrogen-bond acceptors (Lipinski definition) is 4. The number of nitrogens with one attached hydrogen (secondary N) is 1. The fourth-order valence-corrected chi connectivity index (χ4v) is 1.98. The lowest BCUT2D eigenvalue weighted by Gasteiger charge is -2.07. The number of fused-ring (bicyclic) bond motifs is 1. The minimum Gasteiger partial charge on any atom is -0.508 e. The number of rotatable bonds is 3. The van der Waals surface area contributed by atoms with Gasteiger partial charge in [-0.25, -0.2) is 0 Å². The quantitative estimate of drug-likeness (QED) is 0.896. The maximum absolute atomic E-state index is 12.0. The molecule has 20 heavy (non-hydrogen) atoms. The van der Waals surface area contributed by atoms with Gasteiger partial charge in [-0.15, -0.1) is 0 Å². The number of phenols is 1. The fraction of sp³-hybridized carbons (Fsp3) is 0.133. The predicted molar refractivity (Wildman–Crippen MR) is 71.8 cm³/mol. The van der Waals surface area contributed by atoms with Gasteiger partial charge in [-0.1, -0.05) is 18.2 Å². The van der Waals surface area contributed by atoms with Crippen molar-refractivity contribution in [3.63, 3.8) is 0 Å². The van der Waals surface area contributed by atoms with Crippen LogP contribution in [0, 0.1) is 0 Å². The summed E-state index contributed by atoms with van der Waals surface area (Å²) >= 11 is 0. The molecule has 0 spiro atoms. The molecular formula is C15H13NO4. The molecule has 1 amide bonds. The molecule has 2 N–H and O–H groups in total. The average molecular weight is 271 g/mol. The average Bonchev–Trinajstić information content (AvgIpc) is 2.93. The highest BCUT2D eigenvalue weighted by atomic mass is 16.7. The highest BCUT2D eigenvalue weighted by Gasteiger charge is 2.16. The van der Waals surface area contributed by atoms with Gasteiger partial charge in [0.2, 0.25) is 6.79 Å². The lowest BCUT2D eigenvalue weighted by molar-refractivity contribution is 0.0950. The molecule has 2 aromatic rings. The Morgan fingerprint density at radius 1 is 1.15 bits per heavy atom. The highest BCUT2D eigenvalue weighted by molar-refractivity contribution is 5.94. The molecule has 3 rings (SSSR count). The van der Waals surface area contributed by atoms with E-state index in [2.05, 4.69) is 5.32 Å². The molecule has 1 aliphatic heterocycles. The maximum atomic E-state index is 12.0. The first-order chi connectivity index (χ1) is 9.74. The van der Waals surface area contributed by atoms with Crippen LogP contribution in [0.2, 0.25) is 0 Å². The molecule has 102 valence electrons. The minimum absolute atomic E-state index is 0.165. The van der Waals surface area contributed by atoms with Crippen LogP contribution in [0.25, 0.3) is 0 Å². The van der Waals surface area contributed by atoms with Gasteiger partial charge in [0.1, 0.15) is 5.75 Å². The summed E-state index contributed by atoms with van der Waals surface area (Å²) in [4.78, 5) is 12.0. The number of hydrogen-bond donors (Lipinski definition) is 2. The zero-order chi connectivity index (χ0) is 13.9. The maximum Gasteiger partial charge on any atom is 0.251 e. The van der Waals surface area contributed by atoms with Crippen molar-refractivity contribution >= 4 is 5.91 Å². The number of benzene rings is 2. The molecule has 0 fully saturated rings. The van der Waals surface area contributed by atoms with Crippen LogP contribution in [0.15, 0.2) is 42.5 Å². The zero-order valence-electron chi connectivity index (χ0n) is 10.6. The van der Waals surface area contributed by atoms with Crippen LogP contribution in [0.4, 0.5) is 0 Å². The summed E-state index contributed by atoms with van der Waals surface area (Å²) in [6, 6.07) is 11.9. The van der Waals surface area contributed by atoms with Crippen LogP contribution in [0.1, 0.15) is 15.9 Å². The molecule has 0 atom stereocenters. The Morgan fingerprint density at radius 2 is 1.95 bits per heavy atom. The van der Waals surface area contributed by atoms with Gasteiger partial charge in [0.25, 0.3) is 5.91 Å². The second-order valence-corrected chi connectivity index (χ2v) is 4.38. The third kappa shape index (κ3) is 2.38. The van der Waals surface area contributed by atoms with Gasteiger partial charge in [-0.2, -0.15) is 0 Å². The smallest absolute Gasteiger partial charge is 0.251 e. The van der Waals surface area contributed by atoms with Crippen LogP contribution in [-0.4, -0.2) is 17.8 Å². The van der Waals surface area contributed by atoms with E-state index < -0.39 is 0 Å². The van der Waals surface area contributed by atoms with E-state index >= 15 is 0 Å². The van der Waals surface area contributed by atoms with Gasteiger partial charge in [-0.05, 0) is 24.3 Å². The van der Waals surface area contributed by atoms with Crippen molar-refractivity contribution in [3.05, 3.63) is 53.6 Å². The van der Waals surface area contributed by atoms with E-state index in [1.54, 1.807) is 36.4 Å². The van der Waals surface area contributed by atoms with Crippen LogP contribution < -0.4 is 14.8 Å². The second-order valence-electron chi connectivity index (χ2n) is 4.38. The van der Waals surface area contributed by atoms with Crippen LogP contribution in [-0.2, 0) is 6.54 Å². The molecule has 1 aliphatic rings. The van der Waals surface area contributed by atoms with Crippen molar-refractivity contribution in [1.82, 2.24) is 5.32 Å². The Kier molecular flexibility index (Phi) is 3.16. The molecule has 0 unspecified atom stereocenters. The predicted octanol–water partition coefficient (Wildman–Crippen LogP) is 2.05. The van der Waals surface area contributed by atoms with Gasteiger partial charge < -0.3 is 19.9 Å².